The van der Waals surface area contributed by atoms with Crippen molar-refractivity contribution in [1.82, 2.24) is 0 Å². The summed E-state index contributed by atoms with van der Waals surface area (Å²) in [6.07, 6.45) is -1.52. The van der Waals surface area contributed by atoms with Crippen LogP contribution in [0, 0.1) is 5.82 Å². The van der Waals surface area contributed by atoms with Crippen molar-refractivity contribution < 1.29 is 13.5 Å². The molecular formula is C7H5Br2F2OP. The highest BCUT2D eigenvalue weighted by Crippen LogP contribution is 2.35. The maximum absolute atomic E-state index is 12.7. The standard InChI is InChI=1S/C7H5Br2F2OP/c8-4-1-3(10)2-5(9)6(4)12-7(11)13/h1-2,7H,13H2. The normalized spacial score (nSPS) is 12.7. The Hall–Kier alpha value is 0.270. The molecule has 0 aliphatic rings. The first-order chi connectivity index (χ1) is 6.00. The molecule has 6 heteroatoms. The molecule has 0 amide bonds. The summed E-state index contributed by atoms with van der Waals surface area (Å²) in [5, 5.41) is 0. The van der Waals surface area contributed by atoms with Crippen LogP contribution < -0.4 is 4.74 Å². The molecular weight excluding hydrogens is 329 g/mol. The van der Waals surface area contributed by atoms with Gasteiger partial charge in [0.25, 0.3) is 0 Å². The highest BCUT2D eigenvalue weighted by atomic mass is 79.9. The molecule has 1 aromatic rings. The van der Waals surface area contributed by atoms with Crippen molar-refractivity contribution in [2.24, 2.45) is 0 Å². The van der Waals surface area contributed by atoms with E-state index in [0.717, 1.165) is 0 Å². The Morgan fingerprint density at radius 3 is 2.15 bits per heavy atom. The maximum Gasteiger partial charge on any atom is 0.249 e. The number of hydrogen-bond acceptors (Lipinski definition) is 1. The first kappa shape index (κ1) is 11.3. The molecule has 0 radical (unpaired) electrons. The van der Waals surface area contributed by atoms with E-state index in [2.05, 4.69) is 31.9 Å². The molecule has 0 N–H and O–H groups in total. The molecule has 0 bridgehead atoms. The molecule has 0 saturated heterocycles. The molecule has 0 aliphatic carbocycles. The Balaban J connectivity index is 3.06. The molecule has 72 valence electrons. The van der Waals surface area contributed by atoms with E-state index in [0.29, 0.717) is 8.95 Å². The van der Waals surface area contributed by atoms with Crippen molar-refractivity contribution in [3.05, 3.63) is 26.9 Å². The third-order valence-corrected chi connectivity index (χ3v) is 2.51. The number of hydrogen-bond donors (Lipinski definition) is 0. The van der Waals surface area contributed by atoms with Gasteiger partial charge < -0.3 is 4.74 Å². The van der Waals surface area contributed by atoms with Crippen molar-refractivity contribution in [2.75, 3.05) is 0 Å². The van der Waals surface area contributed by atoms with Gasteiger partial charge in [0.1, 0.15) is 5.82 Å². The summed E-state index contributed by atoms with van der Waals surface area (Å²) in [5.74, 6) is -0.186. The Kier molecular flexibility index (Phi) is 4.07. The van der Waals surface area contributed by atoms with Gasteiger partial charge in [0.15, 0.2) is 5.75 Å². The average Bonchev–Trinajstić information content (AvgIpc) is 1.96. The van der Waals surface area contributed by atoms with E-state index in [1.165, 1.54) is 12.1 Å². The zero-order chi connectivity index (χ0) is 10.0. The van der Waals surface area contributed by atoms with E-state index in [4.69, 9.17) is 4.74 Å². The summed E-state index contributed by atoms with van der Waals surface area (Å²) >= 11 is 6.11. The van der Waals surface area contributed by atoms with Gasteiger partial charge in [-0.25, -0.2) is 4.39 Å². The molecule has 0 saturated carbocycles. The molecule has 1 nitrogen and oxygen atoms in total. The topological polar surface area (TPSA) is 9.23 Å². The Bertz CT molecular complexity index is 296. The van der Waals surface area contributed by atoms with Crippen LogP contribution in [0.15, 0.2) is 21.1 Å². The molecule has 2 atom stereocenters. The Morgan fingerprint density at radius 2 is 1.77 bits per heavy atom. The SMILES string of the molecule is Fc1cc(Br)c(OC(F)P)c(Br)c1. The zero-order valence-corrected chi connectivity index (χ0v) is 10.6. The van der Waals surface area contributed by atoms with Gasteiger partial charge in [0.05, 0.1) is 8.95 Å². The van der Waals surface area contributed by atoms with E-state index in [1.807, 2.05) is 9.24 Å². The molecule has 1 rings (SSSR count). The van der Waals surface area contributed by atoms with Crippen LogP contribution in [0.1, 0.15) is 0 Å². The first-order valence-corrected chi connectivity index (χ1v) is 5.47. The quantitative estimate of drug-likeness (QED) is 0.747. The van der Waals surface area contributed by atoms with Gasteiger partial charge in [0, 0.05) is 0 Å². The monoisotopic (exact) mass is 332 g/mol. The predicted octanol–water partition coefficient (Wildman–Crippen LogP) is 3.86. The average molecular weight is 334 g/mol. The van der Waals surface area contributed by atoms with E-state index in [-0.39, 0.29) is 5.75 Å². The molecule has 13 heavy (non-hydrogen) atoms. The highest BCUT2D eigenvalue weighted by molar-refractivity contribution is 9.11. The van der Waals surface area contributed by atoms with Crippen LogP contribution in [0.5, 0.6) is 5.75 Å². The second kappa shape index (κ2) is 4.67. The summed E-state index contributed by atoms with van der Waals surface area (Å²) in [4.78, 5) is 0. The van der Waals surface area contributed by atoms with Crippen molar-refractivity contribution in [3.63, 3.8) is 0 Å². The first-order valence-electron chi connectivity index (χ1n) is 3.21. The molecule has 0 fully saturated rings. The lowest BCUT2D eigenvalue weighted by atomic mass is 10.3. The van der Waals surface area contributed by atoms with Gasteiger partial charge in [-0.05, 0) is 44.0 Å². The van der Waals surface area contributed by atoms with Crippen LogP contribution in [-0.4, -0.2) is 6.10 Å². The molecule has 0 aliphatic heterocycles. The van der Waals surface area contributed by atoms with Crippen LogP contribution in [0.25, 0.3) is 0 Å². The van der Waals surface area contributed by atoms with E-state index in [9.17, 15) is 8.78 Å². The van der Waals surface area contributed by atoms with E-state index >= 15 is 0 Å². The fourth-order valence-electron chi connectivity index (χ4n) is 0.754. The third kappa shape index (κ3) is 3.15. The number of halogens is 4. The largest absolute Gasteiger partial charge is 0.455 e. The summed E-state index contributed by atoms with van der Waals surface area (Å²) in [6.45, 7) is 0. The Morgan fingerprint density at radius 1 is 1.31 bits per heavy atom. The molecule has 0 heterocycles. The summed E-state index contributed by atoms with van der Waals surface area (Å²) in [5.41, 5.74) is 0. The fourth-order valence-corrected chi connectivity index (χ4v) is 2.21. The predicted molar refractivity (Wildman–Crippen MR) is 57.0 cm³/mol. The molecule has 2 unspecified atom stereocenters. The minimum atomic E-state index is -1.52. The summed E-state index contributed by atoms with van der Waals surface area (Å²) in [7, 11) is 1.84. The van der Waals surface area contributed by atoms with Gasteiger partial charge in [-0.15, -0.1) is 0 Å². The molecule has 0 spiro atoms. The number of ether oxygens (including phenoxy) is 1. The van der Waals surface area contributed by atoms with E-state index in [1.54, 1.807) is 0 Å². The van der Waals surface area contributed by atoms with Crippen molar-refractivity contribution in [1.29, 1.82) is 0 Å². The molecule has 0 aromatic heterocycles. The summed E-state index contributed by atoms with van der Waals surface area (Å²) in [6, 6.07) is 2.40. The van der Waals surface area contributed by atoms with Crippen LogP contribution in [-0.2, 0) is 0 Å². The van der Waals surface area contributed by atoms with Gasteiger partial charge in [-0.1, -0.05) is 9.24 Å². The van der Waals surface area contributed by atoms with Gasteiger partial charge in [0.2, 0.25) is 6.10 Å². The second-order valence-corrected chi connectivity index (χ2v) is 4.40. The van der Waals surface area contributed by atoms with Crippen molar-refractivity contribution in [2.45, 2.75) is 6.10 Å². The molecule has 1 aromatic carbocycles. The number of benzene rings is 1. The minimum absolute atomic E-state index is 0.240. The van der Waals surface area contributed by atoms with E-state index < -0.39 is 11.9 Å². The van der Waals surface area contributed by atoms with Crippen LogP contribution in [0.2, 0.25) is 0 Å². The van der Waals surface area contributed by atoms with Crippen LogP contribution >= 0.6 is 41.1 Å². The highest BCUT2D eigenvalue weighted by Gasteiger charge is 2.11. The Labute approximate surface area is 93.3 Å². The van der Waals surface area contributed by atoms with Crippen LogP contribution in [0.4, 0.5) is 8.78 Å². The number of alkyl halides is 1. The van der Waals surface area contributed by atoms with Gasteiger partial charge in [-0.2, -0.15) is 4.39 Å². The summed E-state index contributed by atoms with van der Waals surface area (Å²) < 4.78 is 30.7. The minimum Gasteiger partial charge on any atom is -0.455 e. The van der Waals surface area contributed by atoms with Crippen molar-refractivity contribution in [3.8, 4) is 5.75 Å². The smallest absolute Gasteiger partial charge is 0.249 e. The van der Waals surface area contributed by atoms with Gasteiger partial charge >= 0.3 is 0 Å². The second-order valence-electron chi connectivity index (χ2n) is 2.17. The lowest BCUT2D eigenvalue weighted by Gasteiger charge is -2.10. The zero-order valence-electron chi connectivity index (χ0n) is 6.23. The lowest BCUT2D eigenvalue weighted by molar-refractivity contribution is 0.151. The maximum atomic E-state index is 12.7. The van der Waals surface area contributed by atoms with Crippen LogP contribution in [0.3, 0.4) is 0 Å². The number of rotatable bonds is 2. The third-order valence-electron chi connectivity index (χ3n) is 1.19. The fraction of sp³-hybridized carbons (Fsp3) is 0.143. The lowest BCUT2D eigenvalue weighted by Crippen LogP contribution is -2.01. The van der Waals surface area contributed by atoms with Gasteiger partial charge in [-0.3, -0.25) is 0 Å². The van der Waals surface area contributed by atoms with Crippen molar-refractivity contribution >= 4 is 41.1 Å².